The molecular formula is C20H16N2O5S. The summed E-state index contributed by atoms with van der Waals surface area (Å²) >= 11 is 1.32. The molecule has 2 heterocycles. The standard InChI is InChI=1S/C20H16N2O5S/c1-3-26-12-4-6-13-14(10-18(23)27-16(13)8-12)19(24)22-20-21-15-7-5-11(25-2)9-17(15)28-20/h4-10H,3H2,1-2H3,(H,21,22,24). The lowest BCUT2D eigenvalue weighted by Crippen LogP contribution is -2.15. The first-order valence-electron chi connectivity index (χ1n) is 8.54. The minimum atomic E-state index is -0.611. The zero-order valence-electron chi connectivity index (χ0n) is 15.1. The first-order valence-corrected chi connectivity index (χ1v) is 9.35. The van der Waals surface area contributed by atoms with Crippen molar-refractivity contribution in [2.75, 3.05) is 19.0 Å². The van der Waals surface area contributed by atoms with E-state index in [2.05, 4.69) is 10.3 Å². The Kier molecular flexibility index (Phi) is 4.70. The molecule has 0 atom stereocenters. The fourth-order valence-electron chi connectivity index (χ4n) is 2.84. The van der Waals surface area contributed by atoms with Gasteiger partial charge in [-0.05, 0) is 37.3 Å². The number of carbonyl (C=O) groups excluding carboxylic acids is 1. The van der Waals surface area contributed by atoms with Crippen LogP contribution in [-0.2, 0) is 0 Å². The Bertz CT molecular complexity index is 1240. The highest BCUT2D eigenvalue weighted by Crippen LogP contribution is 2.30. The van der Waals surface area contributed by atoms with Gasteiger partial charge in [-0.15, -0.1) is 0 Å². The van der Waals surface area contributed by atoms with Crippen LogP contribution in [-0.4, -0.2) is 24.6 Å². The van der Waals surface area contributed by atoms with Crippen molar-refractivity contribution in [1.82, 2.24) is 4.98 Å². The number of thiazole rings is 1. The van der Waals surface area contributed by atoms with E-state index in [9.17, 15) is 9.59 Å². The quantitative estimate of drug-likeness (QED) is 0.512. The third-order valence-electron chi connectivity index (χ3n) is 4.09. The highest BCUT2D eigenvalue weighted by Gasteiger charge is 2.16. The Morgan fingerprint density at radius 2 is 2.00 bits per heavy atom. The van der Waals surface area contributed by atoms with E-state index >= 15 is 0 Å². The van der Waals surface area contributed by atoms with E-state index in [0.29, 0.717) is 28.6 Å². The number of benzene rings is 2. The summed E-state index contributed by atoms with van der Waals surface area (Å²) < 4.78 is 16.7. The highest BCUT2D eigenvalue weighted by molar-refractivity contribution is 7.22. The number of nitrogens with one attached hydrogen (secondary N) is 1. The second-order valence-corrected chi connectivity index (χ2v) is 6.91. The molecule has 2 aromatic carbocycles. The van der Waals surface area contributed by atoms with Crippen LogP contribution in [0.15, 0.2) is 51.7 Å². The lowest BCUT2D eigenvalue weighted by Gasteiger charge is -2.07. The number of rotatable bonds is 5. The number of methoxy groups -OCH3 is 1. The van der Waals surface area contributed by atoms with Crippen molar-refractivity contribution in [3.63, 3.8) is 0 Å². The topological polar surface area (TPSA) is 90.7 Å². The summed E-state index contributed by atoms with van der Waals surface area (Å²) in [5.41, 5.74) is 0.643. The summed E-state index contributed by atoms with van der Waals surface area (Å²) in [6, 6.07) is 11.7. The Morgan fingerprint density at radius 1 is 1.18 bits per heavy atom. The lowest BCUT2D eigenvalue weighted by atomic mass is 10.1. The van der Waals surface area contributed by atoms with Gasteiger partial charge in [-0.25, -0.2) is 9.78 Å². The van der Waals surface area contributed by atoms with E-state index < -0.39 is 11.5 Å². The molecule has 28 heavy (non-hydrogen) atoms. The van der Waals surface area contributed by atoms with Gasteiger partial charge in [0.2, 0.25) is 0 Å². The Balaban J connectivity index is 1.69. The van der Waals surface area contributed by atoms with Crippen LogP contribution in [0, 0.1) is 0 Å². The van der Waals surface area contributed by atoms with Crippen molar-refractivity contribution in [1.29, 1.82) is 0 Å². The average molecular weight is 396 g/mol. The first-order chi connectivity index (χ1) is 13.6. The molecule has 0 spiro atoms. The van der Waals surface area contributed by atoms with Crippen LogP contribution in [0.4, 0.5) is 5.13 Å². The molecule has 0 unspecified atom stereocenters. The zero-order valence-corrected chi connectivity index (χ0v) is 16.0. The smallest absolute Gasteiger partial charge is 0.337 e. The van der Waals surface area contributed by atoms with Crippen molar-refractivity contribution in [3.05, 3.63) is 58.4 Å². The molecular weight excluding hydrogens is 380 g/mol. The maximum atomic E-state index is 12.8. The fraction of sp³-hybridized carbons (Fsp3) is 0.150. The molecule has 2 aromatic heterocycles. The van der Waals surface area contributed by atoms with Crippen LogP contribution in [0.2, 0.25) is 0 Å². The zero-order chi connectivity index (χ0) is 19.7. The maximum Gasteiger partial charge on any atom is 0.337 e. The number of hydrogen-bond donors (Lipinski definition) is 1. The number of hydrogen-bond acceptors (Lipinski definition) is 7. The fourth-order valence-corrected chi connectivity index (χ4v) is 3.73. The first kappa shape index (κ1) is 18.0. The number of amides is 1. The van der Waals surface area contributed by atoms with Gasteiger partial charge in [0.05, 0.1) is 29.5 Å². The lowest BCUT2D eigenvalue weighted by molar-refractivity contribution is 0.102. The monoisotopic (exact) mass is 396 g/mol. The molecule has 0 bridgehead atoms. The number of ether oxygens (including phenoxy) is 2. The van der Waals surface area contributed by atoms with E-state index in [1.165, 1.54) is 17.4 Å². The summed E-state index contributed by atoms with van der Waals surface area (Å²) in [7, 11) is 1.59. The van der Waals surface area contributed by atoms with Crippen molar-refractivity contribution in [2.45, 2.75) is 6.92 Å². The number of carbonyl (C=O) groups is 1. The maximum absolute atomic E-state index is 12.8. The normalized spacial score (nSPS) is 10.9. The van der Waals surface area contributed by atoms with Crippen molar-refractivity contribution in [2.24, 2.45) is 0 Å². The van der Waals surface area contributed by atoms with Crippen LogP contribution in [0.1, 0.15) is 17.3 Å². The molecule has 0 aliphatic carbocycles. The van der Waals surface area contributed by atoms with Crippen molar-refractivity contribution < 1.29 is 18.7 Å². The minimum absolute atomic E-state index is 0.214. The molecule has 7 nitrogen and oxygen atoms in total. The Hall–Kier alpha value is -3.39. The number of fused-ring (bicyclic) bond motifs is 2. The van der Waals surface area contributed by atoms with E-state index in [4.69, 9.17) is 13.9 Å². The summed E-state index contributed by atoms with van der Waals surface area (Å²) in [5.74, 6) is 0.842. The molecule has 4 aromatic rings. The van der Waals surface area contributed by atoms with E-state index in [1.54, 1.807) is 31.4 Å². The van der Waals surface area contributed by atoms with Crippen molar-refractivity contribution in [3.8, 4) is 11.5 Å². The number of anilines is 1. The largest absolute Gasteiger partial charge is 0.497 e. The number of aromatic nitrogens is 1. The summed E-state index contributed by atoms with van der Waals surface area (Å²) in [5, 5.41) is 3.71. The van der Waals surface area contributed by atoms with Crippen LogP contribution >= 0.6 is 11.3 Å². The van der Waals surface area contributed by atoms with E-state index in [-0.39, 0.29) is 11.1 Å². The van der Waals surface area contributed by atoms with Gasteiger partial charge in [-0.1, -0.05) is 11.3 Å². The van der Waals surface area contributed by atoms with Gasteiger partial charge in [0.1, 0.15) is 17.1 Å². The average Bonchev–Trinajstić information content (AvgIpc) is 3.08. The van der Waals surface area contributed by atoms with Crippen molar-refractivity contribution >= 4 is 43.6 Å². The SMILES string of the molecule is CCOc1ccc2c(C(=O)Nc3nc4ccc(OC)cc4s3)cc(=O)oc2c1. The molecule has 0 aliphatic heterocycles. The van der Waals surface area contributed by atoms with Gasteiger partial charge >= 0.3 is 5.63 Å². The highest BCUT2D eigenvalue weighted by atomic mass is 32.1. The second kappa shape index (κ2) is 7.32. The second-order valence-electron chi connectivity index (χ2n) is 5.88. The molecule has 0 fully saturated rings. The Labute approximate surface area is 163 Å². The molecule has 1 N–H and O–H groups in total. The number of nitrogens with zero attached hydrogens (tertiary/aromatic N) is 1. The van der Waals surface area contributed by atoms with E-state index in [0.717, 1.165) is 10.2 Å². The molecule has 8 heteroatoms. The molecule has 1 amide bonds. The van der Waals surface area contributed by atoms with Gasteiger partial charge in [0.25, 0.3) is 5.91 Å². The molecule has 0 saturated carbocycles. The predicted molar refractivity (Wildman–Crippen MR) is 108 cm³/mol. The van der Waals surface area contributed by atoms with E-state index in [1.807, 2.05) is 19.1 Å². The molecule has 142 valence electrons. The van der Waals surface area contributed by atoms with Crippen LogP contribution in [0.25, 0.3) is 21.2 Å². The van der Waals surface area contributed by atoms with Crippen LogP contribution < -0.4 is 20.4 Å². The summed E-state index contributed by atoms with van der Waals surface area (Å²) in [6.07, 6.45) is 0. The van der Waals surface area contributed by atoms with Crippen LogP contribution in [0.5, 0.6) is 11.5 Å². The molecule has 0 aliphatic rings. The molecule has 4 rings (SSSR count). The molecule has 0 radical (unpaired) electrons. The third kappa shape index (κ3) is 3.41. The summed E-state index contributed by atoms with van der Waals surface area (Å²) in [4.78, 5) is 29.1. The minimum Gasteiger partial charge on any atom is -0.497 e. The van der Waals surface area contributed by atoms with Gasteiger partial charge in [-0.2, -0.15) is 0 Å². The van der Waals surface area contributed by atoms with Gasteiger partial charge in [-0.3, -0.25) is 10.1 Å². The van der Waals surface area contributed by atoms with Gasteiger partial charge in [0, 0.05) is 17.5 Å². The van der Waals surface area contributed by atoms with Gasteiger partial charge < -0.3 is 13.9 Å². The Morgan fingerprint density at radius 3 is 2.79 bits per heavy atom. The third-order valence-corrected chi connectivity index (χ3v) is 5.02. The molecule has 0 saturated heterocycles. The van der Waals surface area contributed by atoms with Gasteiger partial charge in [0.15, 0.2) is 5.13 Å². The summed E-state index contributed by atoms with van der Waals surface area (Å²) in [6.45, 7) is 2.34. The predicted octanol–water partition coefficient (Wildman–Crippen LogP) is 4.06. The van der Waals surface area contributed by atoms with Crippen LogP contribution in [0.3, 0.4) is 0 Å².